The van der Waals surface area contributed by atoms with E-state index in [9.17, 15) is 16.8 Å². The molecule has 122 valence electrons. The maximum atomic E-state index is 10.9. The SMILES string of the molecule is CS(=O)(=O)CSCSCSSCSCSCS(C)(=O)=O. The second kappa shape index (κ2) is 12.4. The summed E-state index contributed by atoms with van der Waals surface area (Å²) in [5.74, 6) is 0. The van der Waals surface area contributed by atoms with Crippen LogP contribution in [0.5, 0.6) is 0 Å². The molecular weight excluding hydrogens is 417 g/mol. The number of hydrogen-bond donors (Lipinski definition) is 0. The third-order valence-corrected chi connectivity index (χ3v) is 13.2. The summed E-state index contributed by atoms with van der Waals surface area (Å²) in [4.78, 5) is 0. The van der Waals surface area contributed by atoms with Crippen LogP contribution in [0.15, 0.2) is 0 Å². The van der Waals surface area contributed by atoms with Gasteiger partial charge in [0.05, 0.1) is 20.3 Å². The maximum absolute atomic E-state index is 10.9. The van der Waals surface area contributed by atoms with Gasteiger partial charge in [-0.1, -0.05) is 21.6 Å². The van der Waals surface area contributed by atoms with E-state index in [4.69, 9.17) is 0 Å². The van der Waals surface area contributed by atoms with Crippen LogP contribution in [0.4, 0.5) is 0 Å². The first-order valence-electron chi connectivity index (χ1n) is 5.11. The fraction of sp³-hybridized carbons (Fsp3) is 1.00. The number of rotatable bonds is 13. The predicted molar refractivity (Wildman–Crippen MR) is 104 cm³/mol. The summed E-state index contributed by atoms with van der Waals surface area (Å²) in [7, 11) is -2.23. The van der Waals surface area contributed by atoms with Gasteiger partial charge in [0.15, 0.2) is 19.7 Å². The summed E-state index contributed by atoms with van der Waals surface area (Å²) in [5, 5.41) is 3.81. The second-order valence-electron chi connectivity index (χ2n) is 3.61. The van der Waals surface area contributed by atoms with Gasteiger partial charge in [-0.2, -0.15) is 0 Å². The van der Waals surface area contributed by atoms with Crippen LogP contribution in [-0.4, -0.2) is 59.9 Å². The molecule has 0 saturated heterocycles. The Morgan fingerprint density at radius 3 is 1.25 bits per heavy atom. The van der Waals surface area contributed by atoms with E-state index in [0.717, 1.165) is 20.3 Å². The van der Waals surface area contributed by atoms with Gasteiger partial charge in [-0.25, -0.2) is 16.8 Å². The normalized spacial score (nSPS) is 12.7. The highest BCUT2D eigenvalue weighted by atomic mass is 33.1. The highest BCUT2D eigenvalue weighted by Gasteiger charge is 2.02. The van der Waals surface area contributed by atoms with Crippen molar-refractivity contribution in [2.75, 3.05) is 43.0 Å². The van der Waals surface area contributed by atoms with Gasteiger partial charge < -0.3 is 0 Å². The number of thioether (sulfide) groups is 4. The number of sulfone groups is 2. The summed E-state index contributed by atoms with van der Waals surface area (Å²) < 4.78 is 43.5. The molecule has 0 spiro atoms. The minimum atomic E-state index is -2.86. The van der Waals surface area contributed by atoms with Crippen LogP contribution >= 0.6 is 68.6 Å². The van der Waals surface area contributed by atoms with Crippen LogP contribution in [0.1, 0.15) is 0 Å². The summed E-state index contributed by atoms with van der Waals surface area (Å²) in [6.45, 7) is 0. The Morgan fingerprint density at radius 1 is 0.600 bits per heavy atom. The summed E-state index contributed by atoms with van der Waals surface area (Å²) in [6.07, 6.45) is 2.49. The van der Waals surface area contributed by atoms with E-state index in [-0.39, 0.29) is 10.2 Å². The van der Waals surface area contributed by atoms with Gasteiger partial charge >= 0.3 is 0 Å². The van der Waals surface area contributed by atoms with Gasteiger partial charge in [-0.3, -0.25) is 0 Å². The first-order valence-corrected chi connectivity index (χ1v) is 16.3. The smallest absolute Gasteiger partial charge is 0.156 e. The summed E-state index contributed by atoms with van der Waals surface area (Å²) in [5.41, 5.74) is 0. The summed E-state index contributed by atoms with van der Waals surface area (Å²) >= 11 is 6.27. The van der Waals surface area contributed by atoms with Crippen molar-refractivity contribution < 1.29 is 16.8 Å². The van der Waals surface area contributed by atoms with E-state index < -0.39 is 19.7 Å². The van der Waals surface area contributed by atoms with Gasteiger partial charge in [-0.05, 0) is 0 Å². The molecule has 0 aromatic rings. The maximum Gasteiger partial charge on any atom is 0.156 e. The van der Waals surface area contributed by atoms with Crippen molar-refractivity contribution in [2.24, 2.45) is 0 Å². The van der Waals surface area contributed by atoms with Crippen LogP contribution < -0.4 is 0 Å². The van der Waals surface area contributed by atoms with Crippen LogP contribution in [0, 0.1) is 0 Å². The van der Waals surface area contributed by atoms with Gasteiger partial charge in [0.25, 0.3) is 0 Å². The average molecular weight is 435 g/mol. The topological polar surface area (TPSA) is 68.3 Å². The quantitative estimate of drug-likeness (QED) is 0.245. The Morgan fingerprint density at radius 2 is 0.950 bits per heavy atom. The molecule has 0 amide bonds. The largest absolute Gasteiger partial charge is 0.228 e. The molecule has 0 rings (SSSR count). The van der Waals surface area contributed by atoms with Crippen molar-refractivity contribution in [3.8, 4) is 0 Å². The van der Waals surface area contributed by atoms with Crippen molar-refractivity contribution in [1.82, 2.24) is 0 Å². The molecule has 0 fully saturated rings. The monoisotopic (exact) mass is 434 g/mol. The fourth-order valence-electron chi connectivity index (χ4n) is 0.693. The minimum Gasteiger partial charge on any atom is -0.228 e. The molecule has 0 aromatic carbocycles. The molecule has 0 bridgehead atoms. The molecular formula is C8H18O4S8. The third kappa shape index (κ3) is 20.0. The van der Waals surface area contributed by atoms with Crippen molar-refractivity contribution in [3.63, 3.8) is 0 Å². The van der Waals surface area contributed by atoms with Crippen LogP contribution in [-0.2, 0) is 19.7 Å². The predicted octanol–water partition coefficient (Wildman–Crippen LogP) is 3.13. The van der Waals surface area contributed by atoms with Crippen molar-refractivity contribution in [2.45, 2.75) is 0 Å². The van der Waals surface area contributed by atoms with Crippen LogP contribution in [0.2, 0.25) is 0 Å². The van der Waals surface area contributed by atoms with Crippen LogP contribution in [0.3, 0.4) is 0 Å². The Labute approximate surface area is 147 Å². The van der Waals surface area contributed by atoms with Crippen molar-refractivity contribution in [1.29, 1.82) is 0 Å². The molecule has 0 saturated carbocycles. The molecule has 4 nitrogen and oxygen atoms in total. The van der Waals surface area contributed by atoms with Crippen molar-refractivity contribution >= 4 is 88.3 Å². The zero-order chi connectivity index (χ0) is 15.5. The zero-order valence-corrected chi connectivity index (χ0v) is 17.7. The minimum absolute atomic E-state index is 0.186. The molecule has 0 aliphatic heterocycles. The Balaban J connectivity index is 3.18. The van der Waals surface area contributed by atoms with E-state index in [2.05, 4.69) is 0 Å². The lowest BCUT2D eigenvalue weighted by Gasteiger charge is -2.02. The zero-order valence-electron chi connectivity index (χ0n) is 11.1. The van der Waals surface area contributed by atoms with E-state index in [0.29, 0.717) is 0 Å². The molecule has 0 unspecified atom stereocenters. The van der Waals surface area contributed by atoms with Gasteiger partial charge in [0, 0.05) is 22.7 Å². The first-order chi connectivity index (χ1) is 9.21. The average Bonchev–Trinajstić information content (AvgIpc) is 2.27. The molecule has 0 aliphatic carbocycles. The molecule has 0 aliphatic rings. The first kappa shape index (κ1) is 22.0. The van der Waals surface area contributed by atoms with Gasteiger partial charge in [0.2, 0.25) is 0 Å². The molecule has 0 N–H and O–H groups in total. The highest BCUT2D eigenvalue weighted by Crippen LogP contribution is 2.31. The van der Waals surface area contributed by atoms with Crippen LogP contribution in [0.25, 0.3) is 0 Å². The summed E-state index contributed by atoms with van der Waals surface area (Å²) in [6, 6.07) is 0. The Kier molecular flexibility index (Phi) is 13.7. The Bertz CT molecular complexity index is 389. The Hall–Kier alpha value is 2.00. The lowest BCUT2D eigenvalue weighted by molar-refractivity contribution is 0.604. The third-order valence-electron chi connectivity index (χ3n) is 1.27. The molecule has 12 heteroatoms. The van der Waals surface area contributed by atoms with Crippen molar-refractivity contribution in [3.05, 3.63) is 0 Å². The number of hydrogen-bond acceptors (Lipinski definition) is 10. The van der Waals surface area contributed by atoms with E-state index >= 15 is 0 Å². The van der Waals surface area contributed by atoms with E-state index in [1.165, 1.54) is 36.0 Å². The molecule has 0 atom stereocenters. The lowest BCUT2D eigenvalue weighted by atomic mass is 11.8. The molecule has 0 radical (unpaired) electrons. The van der Waals surface area contributed by atoms with Gasteiger partial charge in [-0.15, -0.1) is 47.0 Å². The standard InChI is InChI=1S/C8H18O4S8/c1-19(9,10)7-15-3-13-5-17-18-6-14-4-16-8-20(2,11)12/h3-8H2,1-2H3. The lowest BCUT2D eigenvalue weighted by Crippen LogP contribution is -1.98. The fourth-order valence-corrected chi connectivity index (χ4v) is 11.1. The van der Waals surface area contributed by atoms with E-state index in [1.54, 1.807) is 45.1 Å². The molecule has 0 heterocycles. The molecule has 0 aromatic heterocycles. The molecule has 20 heavy (non-hydrogen) atoms. The second-order valence-corrected chi connectivity index (χ2v) is 16.5. The highest BCUT2D eigenvalue weighted by molar-refractivity contribution is 8.79. The van der Waals surface area contributed by atoms with E-state index in [1.807, 2.05) is 0 Å². The van der Waals surface area contributed by atoms with Gasteiger partial charge in [0.1, 0.15) is 0 Å².